The molecule has 1 saturated heterocycles. The summed E-state index contributed by atoms with van der Waals surface area (Å²) in [7, 11) is -1.62. The van der Waals surface area contributed by atoms with Crippen molar-refractivity contribution < 1.29 is 18.0 Å². The average molecular weight is 362 g/mol. The van der Waals surface area contributed by atoms with Gasteiger partial charge in [0, 0.05) is 31.7 Å². The van der Waals surface area contributed by atoms with Crippen LogP contribution in [0.25, 0.3) is 0 Å². The van der Waals surface area contributed by atoms with Crippen molar-refractivity contribution in [2.45, 2.75) is 58.2 Å². The maximum absolute atomic E-state index is 12.2. The Morgan fingerprint density at radius 2 is 1.71 bits per heavy atom. The summed E-state index contributed by atoms with van der Waals surface area (Å²) in [6.45, 7) is 8.48. The Balaban J connectivity index is 2.52. The molecule has 0 saturated carbocycles. The number of piperidine rings is 1. The van der Waals surface area contributed by atoms with E-state index < -0.39 is 27.6 Å². The molecule has 0 radical (unpaired) electrons. The zero-order valence-corrected chi connectivity index (χ0v) is 16.2. The Hall–Kier alpha value is -1.19. The van der Waals surface area contributed by atoms with Crippen LogP contribution in [0.15, 0.2) is 0 Å². The molecule has 0 aromatic carbocycles. The Bertz CT molecular complexity index is 563. The van der Waals surface area contributed by atoms with Crippen LogP contribution in [-0.4, -0.2) is 73.6 Å². The molecule has 1 aliphatic rings. The van der Waals surface area contributed by atoms with Crippen LogP contribution in [0.4, 0.5) is 4.79 Å². The molecule has 1 heterocycles. The second-order valence-corrected chi connectivity index (χ2v) is 9.46. The number of imide groups is 1. The number of rotatable bonds is 4. The Labute approximate surface area is 145 Å². The molecule has 8 nitrogen and oxygen atoms in total. The topological polar surface area (TPSA) is 98.8 Å². The van der Waals surface area contributed by atoms with E-state index in [2.05, 4.69) is 10.6 Å². The van der Waals surface area contributed by atoms with E-state index >= 15 is 0 Å². The number of amides is 3. The second kappa shape index (κ2) is 7.79. The minimum Gasteiger partial charge on any atom is -0.333 e. The summed E-state index contributed by atoms with van der Waals surface area (Å²) in [5.41, 5.74) is -0.415. The van der Waals surface area contributed by atoms with E-state index in [4.69, 9.17) is 0 Å². The van der Waals surface area contributed by atoms with Gasteiger partial charge in [-0.05, 0) is 40.5 Å². The average Bonchev–Trinajstić information content (AvgIpc) is 2.42. The van der Waals surface area contributed by atoms with Crippen molar-refractivity contribution in [1.82, 2.24) is 19.8 Å². The third-order valence-corrected chi connectivity index (χ3v) is 5.53. The van der Waals surface area contributed by atoms with Gasteiger partial charge >= 0.3 is 6.03 Å². The summed E-state index contributed by atoms with van der Waals surface area (Å²) in [6.07, 6.45) is 2.52. The molecule has 1 fully saturated rings. The number of carbonyl (C=O) groups is 2. The third-order valence-electron chi connectivity index (χ3n) is 4.19. The first kappa shape index (κ1) is 20.9. The first-order valence-corrected chi connectivity index (χ1v) is 9.96. The highest BCUT2D eigenvalue weighted by atomic mass is 32.2. The number of sulfonamides is 1. The molecule has 0 aromatic heterocycles. The van der Waals surface area contributed by atoms with Crippen LogP contribution in [0.1, 0.15) is 40.5 Å². The zero-order chi connectivity index (χ0) is 18.7. The minimum atomic E-state index is -3.21. The van der Waals surface area contributed by atoms with Gasteiger partial charge < -0.3 is 5.32 Å². The first-order valence-electron chi connectivity index (χ1n) is 8.11. The smallest absolute Gasteiger partial charge is 0.321 e. The molecular formula is C15H30N4O4S. The number of urea groups is 1. The van der Waals surface area contributed by atoms with Gasteiger partial charge in [-0.1, -0.05) is 0 Å². The van der Waals surface area contributed by atoms with Gasteiger partial charge in [0.1, 0.15) is 0 Å². The molecule has 1 atom stereocenters. The largest absolute Gasteiger partial charge is 0.333 e. The molecule has 0 bridgehead atoms. The SMILES string of the molecule is CC(C(=O)NC(=O)NC(C)(C)C)N1CCC(N(C)S(C)(=O)=O)CC1. The lowest BCUT2D eigenvalue weighted by Crippen LogP contribution is -2.55. The summed E-state index contributed by atoms with van der Waals surface area (Å²) < 4.78 is 24.6. The molecule has 9 heteroatoms. The van der Waals surface area contributed by atoms with E-state index in [9.17, 15) is 18.0 Å². The van der Waals surface area contributed by atoms with Crippen LogP contribution in [0.5, 0.6) is 0 Å². The maximum Gasteiger partial charge on any atom is 0.321 e. The molecule has 0 aliphatic carbocycles. The van der Waals surface area contributed by atoms with E-state index in [0.717, 1.165) is 0 Å². The Morgan fingerprint density at radius 1 is 1.21 bits per heavy atom. The molecule has 2 N–H and O–H groups in total. The van der Waals surface area contributed by atoms with Crippen LogP contribution in [-0.2, 0) is 14.8 Å². The fourth-order valence-electron chi connectivity index (χ4n) is 2.66. The van der Waals surface area contributed by atoms with Crippen molar-refractivity contribution in [2.75, 3.05) is 26.4 Å². The molecule has 3 amide bonds. The standard InChI is InChI=1S/C15H30N4O4S/c1-11(13(20)16-14(21)17-15(2,3)4)19-9-7-12(8-10-19)18(5)24(6,22)23/h11-12H,7-10H2,1-6H3,(H2,16,17,20,21). The van der Waals surface area contributed by atoms with E-state index in [0.29, 0.717) is 25.9 Å². The highest BCUT2D eigenvalue weighted by Crippen LogP contribution is 2.19. The predicted molar refractivity (Wildman–Crippen MR) is 93.1 cm³/mol. The van der Waals surface area contributed by atoms with Crippen LogP contribution in [0.2, 0.25) is 0 Å². The predicted octanol–water partition coefficient (Wildman–Crippen LogP) is 0.355. The lowest BCUT2D eigenvalue weighted by molar-refractivity contribution is -0.125. The summed E-state index contributed by atoms with van der Waals surface area (Å²) in [5.74, 6) is -0.355. The number of nitrogens with zero attached hydrogens (tertiary/aromatic N) is 2. The quantitative estimate of drug-likeness (QED) is 0.752. The van der Waals surface area contributed by atoms with E-state index in [1.807, 2.05) is 25.7 Å². The number of likely N-dealkylation sites (tertiary alicyclic amines) is 1. The monoisotopic (exact) mass is 362 g/mol. The third kappa shape index (κ3) is 6.37. The van der Waals surface area contributed by atoms with Gasteiger partial charge in [-0.2, -0.15) is 0 Å². The summed E-state index contributed by atoms with van der Waals surface area (Å²) >= 11 is 0. The highest BCUT2D eigenvalue weighted by Gasteiger charge is 2.31. The Morgan fingerprint density at radius 3 is 2.12 bits per heavy atom. The van der Waals surface area contributed by atoms with Crippen LogP contribution < -0.4 is 10.6 Å². The maximum atomic E-state index is 12.2. The molecule has 1 unspecified atom stereocenters. The summed E-state index contributed by atoms with van der Waals surface area (Å²) in [5, 5.41) is 5.04. The van der Waals surface area contributed by atoms with E-state index in [1.54, 1.807) is 14.0 Å². The first-order chi connectivity index (χ1) is 10.8. The van der Waals surface area contributed by atoms with Gasteiger partial charge in [-0.15, -0.1) is 0 Å². The van der Waals surface area contributed by atoms with Gasteiger partial charge in [0.15, 0.2) is 0 Å². The van der Waals surface area contributed by atoms with Crippen molar-refractivity contribution in [3.63, 3.8) is 0 Å². The lowest BCUT2D eigenvalue weighted by Gasteiger charge is -2.38. The van der Waals surface area contributed by atoms with Gasteiger partial charge in [-0.25, -0.2) is 17.5 Å². The molecular weight excluding hydrogens is 332 g/mol. The second-order valence-electron chi connectivity index (χ2n) is 7.42. The fourth-order valence-corrected chi connectivity index (χ4v) is 3.41. The minimum absolute atomic E-state index is 0.0456. The van der Waals surface area contributed by atoms with Gasteiger partial charge in [-0.3, -0.25) is 15.0 Å². The summed E-state index contributed by atoms with van der Waals surface area (Å²) in [6, 6.07) is -0.998. The van der Waals surface area contributed by atoms with Crippen LogP contribution in [0.3, 0.4) is 0 Å². The molecule has 0 aromatic rings. The van der Waals surface area contributed by atoms with Crippen molar-refractivity contribution in [2.24, 2.45) is 0 Å². The molecule has 1 rings (SSSR count). The number of hydrogen-bond donors (Lipinski definition) is 2. The molecule has 1 aliphatic heterocycles. The van der Waals surface area contributed by atoms with E-state index in [1.165, 1.54) is 10.6 Å². The molecule has 140 valence electrons. The normalized spacial score (nSPS) is 19.1. The number of hydrogen-bond acceptors (Lipinski definition) is 5. The fraction of sp³-hybridized carbons (Fsp3) is 0.867. The summed E-state index contributed by atoms with van der Waals surface area (Å²) in [4.78, 5) is 25.9. The molecule has 24 heavy (non-hydrogen) atoms. The van der Waals surface area contributed by atoms with E-state index in [-0.39, 0.29) is 11.9 Å². The van der Waals surface area contributed by atoms with Gasteiger partial charge in [0.2, 0.25) is 15.9 Å². The molecule has 0 spiro atoms. The van der Waals surface area contributed by atoms with Crippen molar-refractivity contribution in [3.8, 4) is 0 Å². The lowest BCUT2D eigenvalue weighted by atomic mass is 10.0. The van der Waals surface area contributed by atoms with Crippen LogP contribution >= 0.6 is 0 Å². The zero-order valence-electron chi connectivity index (χ0n) is 15.4. The Kier molecular flexibility index (Phi) is 6.77. The van der Waals surface area contributed by atoms with Gasteiger partial charge in [0.05, 0.1) is 12.3 Å². The highest BCUT2D eigenvalue weighted by molar-refractivity contribution is 7.88. The van der Waals surface area contributed by atoms with Crippen LogP contribution in [0, 0.1) is 0 Å². The number of carbonyl (C=O) groups excluding carboxylic acids is 2. The number of nitrogens with one attached hydrogen (secondary N) is 2. The van der Waals surface area contributed by atoms with Gasteiger partial charge in [0.25, 0.3) is 0 Å². The van der Waals surface area contributed by atoms with Crippen molar-refractivity contribution in [3.05, 3.63) is 0 Å². The van der Waals surface area contributed by atoms with Crippen molar-refractivity contribution in [1.29, 1.82) is 0 Å². The van der Waals surface area contributed by atoms with Crippen molar-refractivity contribution >= 4 is 22.0 Å².